The Morgan fingerprint density at radius 3 is 1.68 bits per heavy atom. The second-order valence-electron chi connectivity index (χ2n) is 18.4. The summed E-state index contributed by atoms with van der Waals surface area (Å²) in [6, 6.07) is 91.1. The lowest BCUT2D eigenvalue weighted by atomic mass is 9.66. The van der Waals surface area contributed by atoms with Gasteiger partial charge in [0.25, 0.3) is 0 Å². The second kappa shape index (κ2) is 16.3. The molecule has 0 saturated carbocycles. The molecule has 0 amide bonds. The van der Waals surface area contributed by atoms with Gasteiger partial charge in [0.05, 0.1) is 11.1 Å². The molecule has 1 aliphatic rings. The van der Waals surface area contributed by atoms with E-state index in [9.17, 15) is 0 Å². The molecule has 1 atom stereocenters. The Morgan fingerprint density at radius 2 is 0.913 bits per heavy atom. The van der Waals surface area contributed by atoms with Crippen molar-refractivity contribution >= 4 is 49.8 Å². The van der Waals surface area contributed by atoms with Crippen LogP contribution in [0.3, 0.4) is 0 Å². The molecule has 0 spiro atoms. The Bertz CT molecular complexity index is 3880. The topological polar surface area (TPSA) is 16.4 Å². The van der Waals surface area contributed by atoms with Crippen LogP contribution in [0.5, 0.6) is 0 Å². The molecule has 2 heteroatoms. The summed E-state index contributed by atoms with van der Waals surface area (Å²) in [6.45, 7) is 4.58. The highest BCUT2D eigenvalue weighted by atomic mass is 16.3. The van der Waals surface area contributed by atoms with E-state index in [2.05, 4.69) is 261 Å². The van der Waals surface area contributed by atoms with Gasteiger partial charge in [0.1, 0.15) is 11.2 Å². The van der Waals surface area contributed by atoms with Crippen molar-refractivity contribution in [3.05, 3.63) is 282 Å². The molecule has 0 aliphatic heterocycles. The summed E-state index contributed by atoms with van der Waals surface area (Å²) in [5, 5.41) is 4.76. The maximum absolute atomic E-state index is 6.56. The smallest absolute Gasteiger partial charge is 0.143 e. The molecular formula is C67H47NO. The highest BCUT2D eigenvalue weighted by Crippen LogP contribution is 2.61. The van der Waals surface area contributed by atoms with Gasteiger partial charge in [-0.15, -0.1) is 0 Å². The fourth-order valence-electron chi connectivity index (χ4n) is 11.5. The average molecular weight is 882 g/mol. The summed E-state index contributed by atoms with van der Waals surface area (Å²) in [5.41, 5.74) is 21.6. The van der Waals surface area contributed by atoms with Gasteiger partial charge in [-0.3, -0.25) is 0 Å². The molecule has 13 rings (SSSR count). The van der Waals surface area contributed by atoms with E-state index in [0.29, 0.717) is 0 Å². The number of rotatable bonds is 8. The fourth-order valence-corrected chi connectivity index (χ4v) is 11.5. The molecule has 0 bridgehead atoms. The predicted molar refractivity (Wildman–Crippen MR) is 289 cm³/mol. The number of aryl methyl sites for hydroxylation is 2. The third-order valence-electron chi connectivity index (χ3n) is 14.6. The van der Waals surface area contributed by atoms with Gasteiger partial charge in [-0.05, 0) is 128 Å². The first-order chi connectivity index (χ1) is 34.1. The van der Waals surface area contributed by atoms with Gasteiger partial charge >= 0.3 is 0 Å². The van der Waals surface area contributed by atoms with Crippen LogP contribution in [-0.4, -0.2) is 0 Å². The van der Waals surface area contributed by atoms with Crippen molar-refractivity contribution in [3.63, 3.8) is 0 Å². The highest BCUT2D eigenvalue weighted by molar-refractivity contribution is 6.09. The van der Waals surface area contributed by atoms with Crippen LogP contribution in [0, 0.1) is 13.8 Å². The van der Waals surface area contributed by atoms with Crippen molar-refractivity contribution in [3.8, 4) is 44.5 Å². The van der Waals surface area contributed by atoms with E-state index in [-0.39, 0.29) is 0 Å². The Balaban J connectivity index is 1.03. The summed E-state index contributed by atoms with van der Waals surface area (Å²) in [6.07, 6.45) is 0. The Hall–Kier alpha value is -8.72. The van der Waals surface area contributed by atoms with Gasteiger partial charge in [0.2, 0.25) is 0 Å². The van der Waals surface area contributed by atoms with Gasteiger partial charge in [-0.1, -0.05) is 212 Å². The largest absolute Gasteiger partial charge is 0.455 e. The van der Waals surface area contributed by atoms with Crippen LogP contribution < -0.4 is 4.90 Å². The zero-order valence-corrected chi connectivity index (χ0v) is 38.5. The molecule has 0 saturated heterocycles. The van der Waals surface area contributed by atoms with Gasteiger partial charge < -0.3 is 9.32 Å². The fraction of sp³-hybridized carbons (Fsp3) is 0.0448. The van der Waals surface area contributed by atoms with Crippen molar-refractivity contribution in [2.24, 2.45) is 0 Å². The molecule has 0 fully saturated rings. The standard InChI is InChI=1S/C67H47NO/c1-44-16-13-28-60-63(44)64-61(68(53-39-33-47(34-40-53)46-17-5-3-6-18-46)54-41-35-49(36-42-54)56-25-14-20-48-19-9-10-23-55(48)56)43-30-45(2)65(64)67(60,51-21-7-4-8-22-51)52-37-31-50(32-38-52)57-26-15-27-59-58-24-11-12-29-62(58)69-66(57)59/h3-43H,1-2H3. The third-order valence-corrected chi connectivity index (χ3v) is 14.6. The van der Waals surface area contributed by atoms with E-state index in [1.807, 2.05) is 6.07 Å². The van der Waals surface area contributed by atoms with E-state index in [4.69, 9.17) is 4.42 Å². The lowest BCUT2D eigenvalue weighted by Gasteiger charge is -2.36. The first-order valence-corrected chi connectivity index (χ1v) is 23.9. The van der Waals surface area contributed by atoms with E-state index >= 15 is 0 Å². The number of para-hydroxylation sites is 2. The molecular weight excluding hydrogens is 835 g/mol. The van der Waals surface area contributed by atoms with E-state index < -0.39 is 5.41 Å². The lowest BCUT2D eigenvalue weighted by molar-refractivity contribution is 0.670. The second-order valence-corrected chi connectivity index (χ2v) is 18.4. The van der Waals surface area contributed by atoms with E-state index in [0.717, 1.165) is 50.1 Å². The molecule has 12 aromatic rings. The third kappa shape index (κ3) is 6.40. The van der Waals surface area contributed by atoms with Gasteiger partial charge in [-0.2, -0.15) is 0 Å². The molecule has 326 valence electrons. The number of benzene rings is 11. The van der Waals surface area contributed by atoms with Crippen LogP contribution in [0.25, 0.3) is 77.2 Å². The summed E-state index contributed by atoms with van der Waals surface area (Å²) in [5.74, 6) is 0. The number of anilines is 3. The molecule has 1 unspecified atom stereocenters. The van der Waals surface area contributed by atoms with Crippen molar-refractivity contribution in [1.29, 1.82) is 0 Å². The zero-order valence-electron chi connectivity index (χ0n) is 38.5. The first kappa shape index (κ1) is 40.5. The quantitative estimate of drug-likeness (QED) is 0.151. The van der Waals surface area contributed by atoms with Crippen LogP contribution in [-0.2, 0) is 5.41 Å². The maximum Gasteiger partial charge on any atom is 0.143 e. The number of hydrogen-bond acceptors (Lipinski definition) is 2. The molecule has 11 aromatic carbocycles. The molecule has 1 aliphatic carbocycles. The van der Waals surface area contributed by atoms with Crippen LogP contribution in [0.15, 0.2) is 253 Å². The van der Waals surface area contributed by atoms with E-state index in [1.165, 1.54) is 77.5 Å². The van der Waals surface area contributed by atoms with Crippen LogP contribution in [0.1, 0.15) is 33.4 Å². The average Bonchev–Trinajstić information content (AvgIpc) is 3.96. The number of furan rings is 1. The van der Waals surface area contributed by atoms with Crippen LogP contribution in [0.4, 0.5) is 17.1 Å². The lowest BCUT2D eigenvalue weighted by Crippen LogP contribution is -2.29. The molecule has 1 aromatic heterocycles. The van der Waals surface area contributed by atoms with Gasteiger partial charge in [0.15, 0.2) is 0 Å². The van der Waals surface area contributed by atoms with Crippen LogP contribution >= 0.6 is 0 Å². The summed E-state index contributed by atoms with van der Waals surface area (Å²) in [4.78, 5) is 2.48. The van der Waals surface area contributed by atoms with Gasteiger partial charge in [0, 0.05) is 33.3 Å². The summed E-state index contributed by atoms with van der Waals surface area (Å²) < 4.78 is 6.56. The molecule has 2 nitrogen and oxygen atoms in total. The first-order valence-electron chi connectivity index (χ1n) is 23.9. The number of nitrogens with zero attached hydrogens (tertiary/aromatic N) is 1. The minimum absolute atomic E-state index is 0.622. The molecule has 0 N–H and O–H groups in total. The monoisotopic (exact) mass is 881 g/mol. The minimum atomic E-state index is -0.622. The van der Waals surface area contributed by atoms with Gasteiger partial charge in [-0.25, -0.2) is 0 Å². The normalized spacial score (nSPS) is 14.0. The zero-order chi connectivity index (χ0) is 46.1. The number of fused-ring (bicyclic) bond motifs is 7. The highest BCUT2D eigenvalue weighted by Gasteiger charge is 2.49. The Kier molecular flexibility index (Phi) is 9.55. The Morgan fingerprint density at radius 1 is 0.362 bits per heavy atom. The molecule has 1 heterocycles. The van der Waals surface area contributed by atoms with Crippen molar-refractivity contribution in [2.75, 3.05) is 4.90 Å². The van der Waals surface area contributed by atoms with Crippen LogP contribution in [0.2, 0.25) is 0 Å². The minimum Gasteiger partial charge on any atom is -0.455 e. The van der Waals surface area contributed by atoms with Crippen molar-refractivity contribution in [2.45, 2.75) is 19.3 Å². The van der Waals surface area contributed by atoms with E-state index in [1.54, 1.807) is 0 Å². The summed E-state index contributed by atoms with van der Waals surface area (Å²) >= 11 is 0. The predicted octanol–water partition coefficient (Wildman–Crippen LogP) is 18.2. The van der Waals surface area contributed by atoms with Crippen molar-refractivity contribution < 1.29 is 4.42 Å². The number of hydrogen-bond donors (Lipinski definition) is 0. The van der Waals surface area contributed by atoms with Crippen molar-refractivity contribution in [1.82, 2.24) is 0 Å². The maximum atomic E-state index is 6.56. The SMILES string of the molecule is Cc1cccc2c1-c1c(N(c3ccc(-c4ccccc4)cc3)c3ccc(-c4cccc5ccccc45)cc3)ccc(C)c1C2(c1ccccc1)c1ccc(-c2cccc3c2oc2ccccc23)cc1. The molecule has 69 heavy (non-hydrogen) atoms. The Labute approximate surface area is 403 Å². The summed E-state index contributed by atoms with van der Waals surface area (Å²) in [7, 11) is 0. The molecule has 0 radical (unpaired) electrons.